The summed E-state index contributed by atoms with van der Waals surface area (Å²) in [6, 6.07) is 4.88. The Morgan fingerprint density at radius 2 is 2.20 bits per heavy atom. The van der Waals surface area contributed by atoms with Crippen molar-refractivity contribution in [2.24, 2.45) is 0 Å². The summed E-state index contributed by atoms with van der Waals surface area (Å²) < 4.78 is 18.2. The normalized spacial score (nSPS) is 13.9. The highest BCUT2D eigenvalue weighted by atomic mass is 35.5. The molecule has 0 aliphatic rings. The minimum absolute atomic E-state index is 0.0122. The first-order chi connectivity index (χ1) is 9.48. The second-order valence-electron chi connectivity index (χ2n) is 4.01. The van der Waals surface area contributed by atoms with Crippen LogP contribution < -0.4 is 0 Å². The number of ether oxygens (including phenoxy) is 1. The van der Waals surface area contributed by atoms with E-state index in [-0.39, 0.29) is 18.6 Å². The van der Waals surface area contributed by atoms with E-state index in [1.807, 2.05) is 0 Å². The van der Waals surface area contributed by atoms with Crippen LogP contribution in [0.4, 0.5) is 4.39 Å². The summed E-state index contributed by atoms with van der Waals surface area (Å²) >= 11 is 5.41. The zero-order chi connectivity index (χ0) is 15.2. The van der Waals surface area contributed by atoms with Crippen LogP contribution in [-0.2, 0) is 19.7 Å². The van der Waals surface area contributed by atoms with Gasteiger partial charge in [-0.25, -0.2) is 4.39 Å². The zero-order valence-electron chi connectivity index (χ0n) is 10.8. The molecule has 0 aromatic heterocycles. The highest BCUT2D eigenvalue weighted by molar-refractivity contribution is 6.25. The fourth-order valence-corrected chi connectivity index (χ4v) is 1.94. The number of aliphatic carboxylic acids is 1. The van der Waals surface area contributed by atoms with E-state index in [2.05, 4.69) is 0 Å². The first kappa shape index (κ1) is 16.2. The number of carboxylic acids is 1. The van der Waals surface area contributed by atoms with E-state index in [0.717, 1.165) is 11.6 Å². The van der Waals surface area contributed by atoms with Gasteiger partial charge in [0.25, 0.3) is 0 Å². The average Bonchev–Trinajstić information content (AvgIpc) is 2.39. The maximum atomic E-state index is 13.3. The Kier molecular flexibility index (Phi) is 5.70. The van der Waals surface area contributed by atoms with Gasteiger partial charge in [0.05, 0.1) is 6.61 Å². The van der Waals surface area contributed by atoms with E-state index < -0.39 is 23.2 Å². The Hall–Kier alpha value is -1.88. The lowest BCUT2D eigenvalue weighted by atomic mass is 9.77. The van der Waals surface area contributed by atoms with Crippen molar-refractivity contribution < 1.29 is 23.8 Å². The smallest absolute Gasteiger partial charge is 0.328 e. The standard InChI is InChI=1S/C14H14ClFO4/c1-2-20-13(19)14(12(17)18,7-4-8-15)10-5-3-6-11(16)9-10/h3-6,8-9H,2,7H2,1H3,(H,17,18)/b8-4+. The molecule has 0 spiro atoms. The van der Waals surface area contributed by atoms with Crippen molar-refractivity contribution >= 4 is 23.5 Å². The summed E-state index contributed by atoms with van der Waals surface area (Å²) in [6.45, 7) is 1.58. The van der Waals surface area contributed by atoms with E-state index in [9.17, 15) is 19.1 Å². The van der Waals surface area contributed by atoms with Crippen LogP contribution in [0.25, 0.3) is 0 Å². The molecule has 20 heavy (non-hydrogen) atoms. The maximum absolute atomic E-state index is 13.3. The van der Waals surface area contributed by atoms with Crippen LogP contribution in [-0.4, -0.2) is 23.7 Å². The number of benzene rings is 1. The van der Waals surface area contributed by atoms with Crippen molar-refractivity contribution in [1.29, 1.82) is 0 Å². The number of carbonyl (C=O) groups excluding carboxylic acids is 1. The fraction of sp³-hybridized carbons (Fsp3) is 0.286. The number of rotatable bonds is 6. The van der Waals surface area contributed by atoms with Gasteiger partial charge in [0.1, 0.15) is 5.82 Å². The van der Waals surface area contributed by atoms with Gasteiger partial charge in [-0.05, 0) is 31.0 Å². The van der Waals surface area contributed by atoms with Crippen LogP contribution in [0.2, 0.25) is 0 Å². The molecule has 4 nitrogen and oxygen atoms in total. The third-order valence-electron chi connectivity index (χ3n) is 2.82. The molecule has 1 unspecified atom stereocenters. The molecular formula is C14H14ClFO4. The van der Waals surface area contributed by atoms with Crippen molar-refractivity contribution in [2.45, 2.75) is 18.8 Å². The van der Waals surface area contributed by atoms with Gasteiger partial charge in [0, 0.05) is 5.54 Å². The molecule has 1 N–H and O–H groups in total. The molecule has 1 rings (SSSR count). The Bertz CT molecular complexity index is 530. The Labute approximate surface area is 120 Å². The van der Waals surface area contributed by atoms with Gasteiger partial charge in [0.15, 0.2) is 5.41 Å². The van der Waals surface area contributed by atoms with E-state index in [1.165, 1.54) is 24.3 Å². The average molecular weight is 301 g/mol. The number of halogens is 2. The molecule has 0 heterocycles. The number of hydrogen-bond acceptors (Lipinski definition) is 3. The fourth-order valence-electron chi connectivity index (χ4n) is 1.85. The van der Waals surface area contributed by atoms with Crippen LogP contribution in [0.1, 0.15) is 18.9 Å². The second kappa shape index (κ2) is 7.05. The number of carboxylic acid groups (broad SMARTS) is 1. The van der Waals surface area contributed by atoms with Crippen molar-refractivity contribution in [1.82, 2.24) is 0 Å². The van der Waals surface area contributed by atoms with E-state index >= 15 is 0 Å². The summed E-state index contributed by atoms with van der Waals surface area (Å²) in [5.74, 6) is -3.00. The first-order valence-electron chi connectivity index (χ1n) is 5.91. The van der Waals surface area contributed by atoms with Crippen LogP contribution in [0.15, 0.2) is 35.9 Å². The van der Waals surface area contributed by atoms with Gasteiger partial charge in [-0.3, -0.25) is 9.59 Å². The minimum atomic E-state index is -2.01. The lowest BCUT2D eigenvalue weighted by Gasteiger charge is -2.26. The van der Waals surface area contributed by atoms with Crippen molar-refractivity contribution in [3.63, 3.8) is 0 Å². The number of hydrogen-bond donors (Lipinski definition) is 1. The monoisotopic (exact) mass is 300 g/mol. The predicted molar refractivity (Wildman–Crippen MR) is 72.0 cm³/mol. The third-order valence-corrected chi connectivity index (χ3v) is 3.00. The molecular weight excluding hydrogens is 287 g/mol. The van der Waals surface area contributed by atoms with Crippen molar-refractivity contribution in [3.8, 4) is 0 Å². The van der Waals surface area contributed by atoms with Gasteiger partial charge in [0.2, 0.25) is 0 Å². The molecule has 0 radical (unpaired) electrons. The summed E-state index contributed by atoms with van der Waals surface area (Å²) in [5.41, 5.74) is -0.891. The molecule has 0 aliphatic carbocycles. The minimum Gasteiger partial charge on any atom is -0.480 e. The number of esters is 1. The zero-order valence-corrected chi connectivity index (χ0v) is 11.6. The van der Waals surface area contributed by atoms with Crippen LogP contribution >= 0.6 is 11.6 Å². The van der Waals surface area contributed by atoms with Gasteiger partial charge < -0.3 is 9.84 Å². The maximum Gasteiger partial charge on any atom is 0.328 e. The Morgan fingerprint density at radius 1 is 1.50 bits per heavy atom. The molecule has 0 aliphatic heterocycles. The number of carbonyl (C=O) groups is 2. The highest BCUT2D eigenvalue weighted by Crippen LogP contribution is 2.31. The molecule has 0 saturated heterocycles. The van der Waals surface area contributed by atoms with Crippen molar-refractivity contribution in [3.05, 3.63) is 47.3 Å². The molecule has 1 atom stereocenters. The largest absolute Gasteiger partial charge is 0.480 e. The lowest BCUT2D eigenvalue weighted by molar-refractivity contribution is -0.161. The molecule has 1 aromatic rings. The Balaban J connectivity index is 3.43. The summed E-state index contributed by atoms with van der Waals surface area (Å²) in [5, 5.41) is 9.49. The molecule has 0 amide bonds. The summed E-state index contributed by atoms with van der Waals surface area (Å²) in [7, 11) is 0. The van der Waals surface area contributed by atoms with E-state index in [1.54, 1.807) is 6.92 Å². The molecule has 0 bridgehead atoms. The molecule has 0 fully saturated rings. The van der Waals surface area contributed by atoms with E-state index in [4.69, 9.17) is 16.3 Å². The van der Waals surface area contributed by atoms with Crippen LogP contribution in [0.5, 0.6) is 0 Å². The Morgan fingerprint density at radius 3 is 2.70 bits per heavy atom. The number of allylic oxidation sites excluding steroid dienone is 1. The predicted octanol–water partition coefficient (Wildman–Crippen LogP) is 2.85. The highest BCUT2D eigenvalue weighted by Gasteiger charge is 2.48. The van der Waals surface area contributed by atoms with Gasteiger partial charge in [-0.2, -0.15) is 0 Å². The van der Waals surface area contributed by atoms with Gasteiger partial charge in [-0.1, -0.05) is 29.8 Å². The first-order valence-corrected chi connectivity index (χ1v) is 6.34. The summed E-state index contributed by atoms with van der Waals surface area (Å²) in [4.78, 5) is 23.8. The van der Waals surface area contributed by atoms with Crippen LogP contribution in [0, 0.1) is 5.82 Å². The van der Waals surface area contributed by atoms with Gasteiger partial charge >= 0.3 is 11.9 Å². The topological polar surface area (TPSA) is 63.6 Å². The van der Waals surface area contributed by atoms with Gasteiger partial charge in [-0.15, -0.1) is 0 Å². The van der Waals surface area contributed by atoms with Crippen LogP contribution in [0.3, 0.4) is 0 Å². The molecule has 1 aromatic carbocycles. The van der Waals surface area contributed by atoms with E-state index in [0.29, 0.717) is 0 Å². The summed E-state index contributed by atoms with van der Waals surface area (Å²) in [6.07, 6.45) is 1.09. The molecule has 0 saturated carbocycles. The second-order valence-corrected chi connectivity index (χ2v) is 4.26. The quantitative estimate of drug-likeness (QED) is 0.648. The van der Waals surface area contributed by atoms with Crippen molar-refractivity contribution in [2.75, 3.05) is 6.61 Å². The molecule has 6 heteroatoms. The molecule has 108 valence electrons. The SMILES string of the molecule is CCOC(=O)C(C/C=C/Cl)(C(=O)O)c1cccc(F)c1. The third kappa shape index (κ3) is 3.17. The lowest BCUT2D eigenvalue weighted by Crippen LogP contribution is -2.44.